The largest absolute Gasteiger partial charge is 0.484 e. The van der Waals surface area contributed by atoms with Gasteiger partial charge in [0.2, 0.25) is 0 Å². The zero-order chi connectivity index (χ0) is 14.1. The Morgan fingerprint density at radius 2 is 2.25 bits per heavy atom. The molecule has 3 rings (SSSR count). The molecule has 108 valence electrons. The Labute approximate surface area is 117 Å². The van der Waals surface area contributed by atoms with Crippen LogP contribution in [-0.2, 0) is 4.79 Å². The molecule has 0 radical (unpaired) electrons. The smallest absolute Gasteiger partial charge is 0.260 e. The molecule has 1 aliphatic heterocycles. The van der Waals surface area contributed by atoms with Gasteiger partial charge < -0.3 is 14.7 Å². The summed E-state index contributed by atoms with van der Waals surface area (Å²) in [5.41, 5.74) is 0. The van der Waals surface area contributed by atoms with Gasteiger partial charge in [-0.25, -0.2) is 4.39 Å². The number of amides is 1. The predicted octanol–water partition coefficient (Wildman–Crippen LogP) is 1.43. The van der Waals surface area contributed by atoms with Crippen molar-refractivity contribution in [3.8, 4) is 5.75 Å². The van der Waals surface area contributed by atoms with Crippen molar-refractivity contribution in [1.82, 2.24) is 4.90 Å². The van der Waals surface area contributed by atoms with Crippen molar-refractivity contribution < 1.29 is 19.0 Å². The van der Waals surface area contributed by atoms with Crippen molar-refractivity contribution in [3.63, 3.8) is 0 Å². The molecular weight excluding hydrogens is 261 g/mol. The van der Waals surface area contributed by atoms with Gasteiger partial charge in [0.15, 0.2) is 6.61 Å². The number of aliphatic hydroxyl groups excluding tert-OH is 1. The van der Waals surface area contributed by atoms with Crippen molar-refractivity contribution >= 4 is 5.91 Å². The fraction of sp³-hybridized carbons (Fsp3) is 0.533. The molecule has 1 saturated carbocycles. The minimum atomic E-state index is -0.381. The molecule has 1 N–H and O–H groups in total. The molecule has 1 saturated heterocycles. The zero-order valence-electron chi connectivity index (χ0n) is 11.2. The van der Waals surface area contributed by atoms with Gasteiger partial charge >= 0.3 is 0 Å². The van der Waals surface area contributed by atoms with Crippen LogP contribution >= 0.6 is 0 Å². The van der Waals surface area contributed by atoms with Crippen molar-refractivity contribution in [2.45, 2.75) is 18.9 Å². The molecule has 2 aliphatic rings. The number of benzene rings is 1. The lowest BCUT2D eigenvalue weighted by Crippen LogP contribution is -2.34. The van der Waals surface area contributed by atoms with Crippen LogP contribution in [0.3, 0.4) is 0 Å². The maximum absolute atomic E-state index is 13.0. The number of hydrogen-bond donors (Lipinski definition) is 1. The van der Waals surface area contributed by atoms with Crippen LogP contribution in [-0.4, -0.2) is 41.7 Å². The summed E-state index contributed by atoms with van der Waals surface area (Å²) in [6.45, 7) is 1.23. The normalized spacial score (nSPS) is 28.5. The van der Waals surface area contributed by atoms with Gasteiger partial charge in [0.25, 0.3) is 5.91 Å². The highest BCUT2D eigenvalue weighted by atomic mass is 19.1. The van der Waals surface area contributed by atoms with Crippen LogP contribution in [0.25, 0.3) is 0 Å². The Morgan fingerprint density at radius 1 is 1.40 bits per heavy atom. The maximum atomic E-state index is 13.0. The van der Waals surface area contributed by atoms with Crippen LogP contribution in [0, 0.1) is 17.7 Å². The molecule has 0 aromatic heterocycles. The summed E-state index contributed by atoms with van der Waals surface area (Å²) >= 11 is 0. The predicted molar refractivity (Wildman–Crippen MR) is 70.7 cm³/mol. The second kappa shape index (κ2) is 5.40. The number of carbonyl (C=O) groups excluding carboxylic acids is 1. The topological polar surface area (TPSA) is 49.8 Å². The van der Waals surface area contributed by atoms with E-state index in [2.05, 4.69) is 0 Å². The number of likely N-dealkylation sites (tertiary alicyclic amines) is 1. The third kappa shape index (κ3) is 2.63. The van der Waals surface area contributed by atoms with E-state index in [1.807, 2.05) is 0 Å². The number of halogens is 1. The van der Waals surface area contributed by atoms with Gasteiger partial charge in [-0.1, -0.05) is 6.07 Å². The molecule has 20 heavy (non-hydrogen) atoms. The number of carbonyl (C=O) groups is 1. The van der Waals surface area contributed by atoms with E-state index < -0.39 is 0 Å². The van der Waals surface area contributed by atoms with Gasteiger partial charge in [0.1, 0.15) is 11.6 Å². The average Bonchev–Trinajstić information content (AvgIpc) is 2.99. The highest BCUT2D eigenvalue weighted by Crippen LogP contribution is 2.38. The molecule has 1 amide bonds. The third-order valence-electron chi connectivity index (χ3n) is 4.33. The minimum absolute atomic E-state index is 0.0843. The van der Waals surface area contributed by atoms with E-state index in [-0.39, 0.29) is 30.4 Å². The molecule has 1 aliphatic carbocycles. The summed E-state index contributed by atoms with van der Waals surface area (Å²) in [4.78, 5) is 13.8. The monoisotopic (exact) mass is 279 g/mol. The number of fused-ring (bicyclic) bond motifs is 1. The summed E-state index contributed by atoms with van der Waals surface area (Å²) < 4.78 is 18.3. The molecule has 5 heteroatoms. The van der Waals surface area contributed by atoms with Crippen LogP contribution in [0.1, 0.15) is 12.8 Å². The summed E-state index contributed by atoms with van der Waals surface area (Å²) in [5, 5.41) is 9.83. The van der Waals surface area contributed by atoms with Gasteiger partial charge in [-0.15, -0.1) is 0 Å². The van der Waals surface area contributed by atoms with Gasteiger partial charge in [0, 0.05) is 25.1 Å². The van der Waals surface area contributed by atoms with Gasteiger partial charge in [-0.3, -0.25) is 4.79 Å². The molecule has 2 fully saturated rings. The second-order valence-corrected chi connectivity index (χ2v) is 5.61. The molecule has 1 aromatic rings. The quantitative estimate of drug-likeness (QED) is 0.910. The molecule has 0 spiro atoms. The van der Waals surface area contributed by atoms with Crippen molar-refractivity contribution in [3.05, 3.63) is 30.1 Å². The number of nitrogens with zero attached hydrogens (tertiary/aromatic N) is 1. The Kier molecular flexibility index (Phi) is 3.61. The highest BCUT2D eigenvalue weighted by Gasteiger charge is 2.43. The molecule has 1 aromatic carbocycles. The second-order valence-electron chi connectivity index (χ2n) is 5.61. The Hall–Kier alpha value is -1.62. The fourth-order valence-electron chi connectivity index (χ4n) is 3.23. The Bertz CT molecular complexity index is 508. The summed E-state index contributed by atoms with van der Waals surface area (Å²) in [6, 6.07) is 5.76. The first-order valence-electron chi connectivity index (χ1n) is 6.97. The lowest BCUT2D eigenvalue weighted by Gasteiger charge is -2.18. The molecule has 1 heterocycles. The first kappa shape index (κ1) is 13.4. The van der Waals surface area contributed by atoms with Crippen molar-refractivity contribution in [1.29, 1.82) is 0 Å². The van der Waals surface area contributed by atoms with Gasteiger partial charge in [-0.05, 0) is 30.9 Å². The van der Waals surface area contributed by atoms with Gasteiger partial charge in [-0.2, -0.15) is 0 Å². The fourth-order valence-corrected chi connectivity index (χ4v) is 3.23. The third-order valence-corrected chi connectivity index (χ3v) is 4.33. The van der Waals surface area contributed by atoms with E-state index in [9.17, 15) is 14.3 Å². The van der Waals surface area contributed by atoms with Crippen LogP contribution in [0.5, 0.6) is 5.75 Å². The molecule has 4 nitrogen and oxygen atoms in total. The molecular formula is C15H18FNO3. The van der Waals surface area contributed by atoms with Gasteiger partial charge in [0.05, 0.1) is 6.10 Å². The minimum Gasteiger partial charge on any atom is -0.484 e. The van der Waals surface area contributed by atoms with E-state index >= 15 is 0 Å². The van der Waals surface area contributed by atoms with E-state index in [1.165, 1.54) is 12.1 Å². The van der Waals surface area contributed by atoms with Crippen LogP contribution in [0.15, 0.2) is 24.3 Å². The first-order chi connectivity index (χ1) is 9.63. The van der Waals surface area contributed by atoms with Crippen LogP contribution < -0.4 is 4.74 Å². The SMILES string of the molecule is O=C(COc1cccc(F)c1)N1CC2CCC(O)C2C1. The number of rotatable bonds is 3. The van der Waals surface area contributed by atoms with E-state index in [4.69, 9.17) is 4.74 Å². The Balaban J connectivity index is 1.53. The molecule has 3 atom stereocenters. The number of aliphatic hydroxyl groups is 1. The molecule has 3 unspecified atom stereocenters. The van der Waals surface area contributed by atoms with Crippen molar-refractivity contribution in [2.75, 3.05) is 19.7 Å². The highest BCUT2D eigenvalue weighted by molar-refractivity contribution is 5.78. The van der Waals surface area contributed by atoms with Crippen LogP contribution in [0.2, 0.25) is 0 Å². The lowest BCUT2D eigenvalue weighted by molar-refractivity contribution is -0.132. The van der Waals surface area contributed by atoms with Crippen molar-refractivity contribution in [2.24, 2.45) is 11.8 Å². The molecule has 0 bridgehead atoms. The number of ether oxygens (including phenoxy) is 1. The summed E-state index contributed by atoms with van der Waals surface area (Å²) in [5.74, 6) is 0.513. The average molecular weight is 279 g/mol. The van der Waals surface area contributed by atoms with E-state index in [0.717, 1.165) is 12.8 Å². The van der Waals surface area contributed by atoms with Crippen LogP contribution in [0.4, 0.5) is 4.39 Å². The summed E-state index contributed by atoms with van der Waals surface area (Å²) in [7, 11) is 0. The lowest BCUT2D eigenvalue weighted by atomic mass is 10.00. The van der Waals surface area contributed by atoms with E-state index in [0.29, 0.717) is 24.8 Å². The van der Waals surface area contributed by atoms with E-state index in [1.54, 1.807) is 17.0 Å². The summed E-state index contributed by atoms with van der Waals surface area (Å²) in [6.07, 6.45) is 1.55. The Morgan fingerprint density at radius 3 is 3.00 bits per heavy atom. The standard InChI is InChI=1S/C15H18FNO3/c16-11-2-1-3-12(6-11)20-9-15(19)17-7-10-4-5-14(18)13(10)8-17/h1-3,6,10,13-14,18H,4-5,7-9H2. The maximum Gasteiger partial charge on any atom is 0.260 e. The zero-order valence-corrected chi connectivity index (χ0v) is 11.2. The number of hydrogen-bond acceptors (Lipinski definition) is 3. The first-order valence-corrected chi connectivity index (χ1v) is 6.97.